The Balaban J connectivity index is 1.71. The van der Waals surface area contributed by atoms with Gasteiger partial charge >= 0.3 is 0 Å². The molecule has 3 aliphatic carbocycles. The van der Waals surface area contributed by atoms with Gasteiger partial charge in [0.05, 0.1) is 11.7 Å². The van der Waals surface area contributed by atoms with Crippen molar-refractivity contribution in [3.63, 3.8) is 0 Å². The average molecular weight is 435 g/mol. The minimum atomic E-state index is -1.65. The third-order valence-electron chi connectivity index (χ3n) is 8.54. The summed E-state index contributed by atoms with van der Waals surface area (Å²) in [5.74, 6) is 1.93. The zero-order valence-corrected chi connectivity index (χ0v) is 19.9. The summed E-state index contributed by atoms with van der Waals surface area (Å²) in [7, 11) is 0. The van der Waals surface area contributed by atoms with Crippen molar-refractivity contribution in [3.8, 4) is 0 Å². The third-order valence-corrected chi connectivity index (χ3v) is 8.54. The summed E-state index contributed by atoms with van der Waals surface area (Å²) in [4.78, 5) is 0. The topological polar surface area (TPSA) is 60.7 Å². The number of allylic oxidation sites excluding steroid dienone is 3. The monoisotopic (exact) mass is 434 g/mol. The van der Waals surface area contributed by atoms with Gasteiger partial charge in [-0.05, 0) is 86.7 Å². The lowest BCUT2D eigenvalue weighted by Crippen LogP contribution is -2.40. The molecule has 3 fully saturated rings. The predicted molar refractivity (Wildman–Crippen MR) is 124 cm³/mol. The van der Waals surface area contributed by atoms with E-state index in [4.69, 9.17) is 0 Å². The Morgan fingerprint density at radius 3 is 2.65 bits per heavy atom. The predicted octanol–water partition coefficient (Wildman–Crippen LogP) is 5.65. The molecule has 0 amide bonds. The second-order valence-corrected chi connectivity index (χ2v) is 11.4. The fourth-order valence-corrected chi connectivity index (χ4v) is 6.72. The van der Waals surface area contributed by atoms with E-state index < -0.39 is 24.0 Å². The summed E-state index contributed by atoms with van der Waals surface area (Å²) >= 11 is 0. The van der Waals surface area contributed by atoms with Gasteiger partial charge in [0.25, 0.3) is 0 Å². The summed E-state index contributed by atoms with van der Waals surface area (Å²) in [5, 5.41) is 30.0. The van der Waals surface area contributed by atoms with Crippen LogP contribution in [-0.4, -0.2) is 39.3 Å². The largest absolute Gasteiger partial charge is 0.390 e. The van der Waals surface area contributed by atoms with Gasteiger partial charge in [-0.15, -0.1) is 0 Å². The Morgan fingerprint density at radius 1 is 1.26 bits per heavy atom. The molecule has 3 rings (SSSR count). The number of hydrogen-bond donors (Lipinski definition) is 3. The van der Waals surface area contributed by atoms with Crippen LogP contribution in [0.3, 0.4) is 0 Å². The minimum Gasteiger partial charge on any atom is -0.390 e. The normalized spacial score (nSPS) is 40.4. The zero-order valence-electron chi connectivity index (χ0n) is 19.9. The van der Waals surface area contributed by atoms with Gasteiger partial charge in [0.1, 0.15) is 6.10 Å². The number of aliphatic hydroxyl groups is 3. The lowest BCUT2D eigenvalue weighted by molar-refractivity contribution is -0.00417. The van der Waals surface area contributed by atoms with Crippen LogP contribution in [0, 0.1) is 23.2 Å². The first-order chi connectivity index (χ1) is 14.4. The second-order valence-electron chi connectivity index (χ2n) is 11.4. The Labute approximate surface area is 188 Å². The number of alkyl halides is 1. The molecular formula is C27H43FO3. The van der Waals surface area contributed by atoms with Crippen LogP contribution >= 0.6 is 0 Å². The first-order valence-corrected chi connectivity index (χ1v) is 12.3. The minimum absolute atomic E-state index is 0.212. The average Bonchev–Trinajstić information content (AvgIpc) is 3.04. The van der Waals surface area contributed by atoms with E-state index in [1.165, 1.54) is 37.7 Å². The lowest BCUT2D eigenvalue weighted by atomic mass is 9.60. The van der Waals surface area contributed by atoms with Crippen LogP contribution in [0.4, 0.5) is 4.39 Å². The summed E-state index contributed by atoms with van der Waals surface area (Å²) in [6.45, 7) is 12.5. The van der Waals surface area contributed by atoms with Crippen LogP contribution in [-0.2, 0) is 0 Å². The molecule has 0 aromatic heterocycles. The first-order valence-electron chi connectivity index (χ1n) is 12.3. The van der Waals surface area contributed by atoms with Crippen LogP contribution in [0.15, 0.2) is 35.5 Å². The molecule has 176 valence electrons. The van der Waals surface area contributed by atoms with Crippen molar-refractivity contribution < 1.29 is 19.7 Å². The van der Waals surface area contributed by atoms with Gasteiger partial charge in [0.15, 0.2) is 6.17 Å². The molecule has 0 aliphatic heterocycles. The quantitative estimate of drug-likeness (QED) is 0.506. The second kappa shape index (κ2) is 9.49. The van der Waals surface area contributed by atoms with E-state index in [0.29, 0.717) is 28.7 Å². The highest BCUT2D eigenvalue weighted by Gasteiger charge is 2.50. The highest BCUT2D eigenvalue weighted by Crippen LogP contribution is 2.60. The maximum absolute atomic E-state index is 13.9. The molecular weight excluding hydrogens is 391 g/mol. The number of hydrogen-bond acceptors (Lipinski definition) is 3. The third kappa shape index (κ3) is 5.34. The van der Waals surface area contributed by atoms with Gasteiger partial charge in [-0.1, -0.05) is 51.0 Å². The highest BCUT2D eigenvalue weighted by molar-refractivity contribution is 5.40. The highest BCUT2D eigenvalue weighted by atomic mass is 19.1. The van der Waals surface area contributed by atoms with Crippen LogP contribution in [0.2, 0.25) is 0 Å². The van der Waals surface area contributed by atoms with E-state index in [-0.39, 0.29) is 6.42 Å². The molecule has 0 heterocycles. The molecule has 0 unspecified atom stereocenters. The molecule has 4 heteroatoms. The van der Waals surface area contributed by atoms with Gasteiger partial charge in [-0.3, -0.25) is 0 Å². The Kier molecular flexibility index (Phi) is 7.55. The van der Waals surface area contributed by atoms with Crippen LogP contribution in [0.1, 0.15) is 85.5 Å². The van der Waals surface area contributed by atoms with Crippen LogP contribution in [0.25, 0.3) is 0 Å². The van der Waals surface area contributed by atoms with Gasteiger partial charge in [-0.2, -0.15) is 0 Å². The summed E-state index contributed by atoms with van der Waals surface area (Å²) in [6, 6.07) is 0. The molecule has 3 N–H and O–H groups in total. The van der Waals surface area contributed by atoms with Crippen molar-refractivity contribution in [1.82, 2.24) is 0 Å². The van der Waals surface area contributed by atoms with E-state index in [0.717, 1.165) is 24.8 Å². The zero-order chi connectivity index (χ0) is 23.0. The van der Waals surface area contributed by atoms with E-state index in [2.05, 4.69) is 26.5 Å². The molecule has 0 saturated heterocycles. The molecule has 7 atom stereocenters. The molecule has 0 aromatic rings. The fourth-order valence-electron chi connectivity index (χ4n) is 6.72. The summed E-state index contributed by atoms with van der Waals surface area (Å²) in [6.07, 6.45) is 9.34. The molecule has 31 heavy (non-hydrogen) atoms. The van der Waals surface area contributed by atoms with E-state index >= 15 is 0 Å². The van der Waals surface area contributed by atoms with Crippen molar-refractivity contribution >= 4 is 0 Å². The summed E-state index contributed by atoms with van der Waals surface area (Å²) < 4.78 is 13.9. The van der Waals surface area contributed by atoms with Gasteiger partial charge < -0.3 is 15.3 Å². The SMILES string of the molecule is C=C1/C(=C/C=C2\CCC[C@]3(C)[C@@H]([C@H](C)CCCC(C)(C)O)CC[C@@H]23)C[C@@H](O)[C@@H](F)[C@@H]1O. The van der Waals surface area contributed by atoms with Gasteiger partial charge in [0.2, 0.25) is 0 Å². The van der Waals surface area contributed by atoms with Crippen molar-refractivity contribution in [2.75, 3.05) is 0 Å². The molecule has 3 saturated carbocycles. The Hall–Kier alpha value is -0.970. The number of fused-ring (bicyclic) bond motifs is 1. The van der Waals surface area contributed by atoms with Crippen molar-refractivity contribution in [3.05, 3.63) is 35.5 Å². The van der Waals surface area contributed by atoms with E-state index in [1.54, 1.807) is 0 Å². The maximum Gasteiger partial charge on any atom is 0.156 e. The van der Waals surface area contributed by atoms with Crippen LogP contribution in [0.5, 0.6) is 0 Å². The molecule has 0 aromatic carbocycles. The van der Waals surface area contributed by atoms with E-state index in [9.17, 15) is 19.7 Å². The fraction of sp³-hybridized carbons (Fsp3) is 0.778. The maximum atomic E-state index is 13.9. The Morgan fingerprint density at radius 2 is 1.97 bits per heavy atom. The Bertz CT molecular complexity index is 718. The number of rotatable bonds is 6. The van der Waals surface area contributed by atoms with Crippen molar-refractivity contribution in [2.24, 2.45) is 23.2 Å². The molecule has 0 spiro atoms. The van der Waals surface area contributed by atoms with Gasteiger partial charge in [-0.25, -0.2) is 4.39 Å². The number of aliphatic hydroxyl groups excluding tert-OH is 2. The van der Waals surface area contributed by atoms with Crippen molar-refractivity contribution in [2.45, 2.75) is 109 Å². The molecule has 0 radical (unpaired) electrons. The molecule has 3 nitrogen and oxygen atoms in total. The van der Waals surface area contributed by atoms with Gasteiger partial charge in [0, 0.05) is 6.42 Å². The molecule has 3 aliphatic rings. The van der Waals surface area contributed by atoms with Crippen LogP contribution < -0.4 is 0 Å². The lowest BCUT2D eigenvalue weighted by Gasteiger charge is -2.44. The van der Waals surface area contributed by atoms with E-state index in [1.807, 2.05) is 19.9 Å². The smallest absolute Gasteiger partial charge is 0.156 e. The van der Waals surface area contributed by atoms with Crippen molar-refractivity contribution in [1.29, 1.82) is 0 Å². The number of halogens is 1. The standard InChI is InChI=1S/C27H43FO3/c1-17(8-6-14-26(3,4)31)21-12-13-22-19(9-7-15-27(21,22)5)10-11-20-16-23(29)24(28)25(30)18(20)2/h10-11,17,21-25,29-31H,2,6-9,12-16H2,1,3-5H3/b19-10+,20-11+/t17-,21-,22+,23-,24-,25-,27-/m1/s1. The summed E-state index contributed by atoms with van der Waals surface area (Å²) in [5.41, 5.74) is 2.36. The first kappa shape index (κ1) is 24.7. The molecule has 0 bridgehead atoms.